The van der Waals surface area contributed by atoms with Gasteiger partial charge in [0.25, 0.3) is 0 Å². The molecule has 0 unspecified atom stereocenters. The normalized spacial score (nSPS) is 10.8. The van der Waals surface area contributed by atoms with E-state index in [-0.39, 0.29) is 0 Å². The molecule has 1 aromatic heterocycles. The standard InChI is InChI=1S/C15H21N3/c1-3-9-16-12-13-5-7-14(8-6-13)18-11-10-17-15(18)4-2/h5-8,10-11,16H,3-4,9,12H2,1-2H3. The highest BCUT2D eigenvalue weighted by molar-refractivity contribution is 5.35. The summed E-state index contributed by atoms with van der Waals surface area (Å²) in [5.41, 5.74) is 2.51. The Labute approximate surface area is 109 Å². The molecule has 0 amide bonds. The van der Waals surface area contributed by atoms with Gasteiger partial charge in [-0.25, -0.2) is 4.98 Å². The first-order valence-corrected chi connectivity index (χ1v) is 6.67. The average Bonchev–Trinajstić information content (AvgIpc) is 2.88. The van der Waals surface area contributed by atoms with Gasteiger partial charge in [0.05, 0.1) is 0 Å². The Hall–Kier alpha value is -1.61. The third kappa shape index (κ3) is 2.99. The molecule has 0 aliphatic rings. The summed E-state index contributed by atoms with van der Waals surface area (Å²) in [6, 6.07) is 8.67. The van der Waals surface area contributed by atoms with Crippen molar-refractivity contribution in [2.75, 3.05) is 6.54 Å². The Balaban J connectivity index is 2.07. The van der Waals surface area contributed by atoms with Crippen molar-refractivity contribution in [3.8, 4) is 5.69 Å². The summed E-state index contributed by atoms with van der Waals surface area (Å²) in [5, 5.41) is 3.41. The number of benzene rings is 1. The first-order valence-electron chi connectivity index (χ1n) is 6.67. The zero-order valence-electron chi connectivity index (χ0n) is 11.2. The van der Waals surface area contributed by atoms with Crippen LogP contribution in [0.5, 0.6) is 0 Å². The van der Waals surface area contributed by atoms with Crippen molar-refractivity contribution in [3.63, 3.8) is 0 Å². The first-order chi connectivity index (χ1) is 8.85. The average molecular weight is 243 g/mol. The summed E-state index contributed by atoms with van der Waals surface area (Å²) in [6.45, 7) is 6.32. The van der Waals surface area contributed by atoms with Crippen molar-refractivity contribution >= 4 is 0 Å². The molecule has 0 spiro atoms. The molecule has 0 saturated carbocycles. The lowest BCUT2D eigenvalue weighted by Crippen LogP contribution is -2.13. The molecule has 0 aliphatic heterocycles. The molecule has 2 aromatic rings. The van der Waals surface area contributed by atoms with Crippen LogP contribution in [0.1, 0.15) is 31.7 Å². The molecule has 0 radical (unpaired) electrons. The van der Waals surface area contributed by atoms with Gasteiger partial charge in [-0.05, 0) is 30.7 Å². The summed E-state index contributed by atoms with van der Waals surface area (Å²) in [4.78, 5) is 4.34. The van der Waals surface area contributed by atoms with Gasteiger partial charge in [0, 0.05) is 31.0 Å². The third-order valence-corrected chi connectivity index (χ3v) is 3.00. The van der Waals surface area contributed by atoms with Crippen molar-refractivity contribution in [2.24, 2.45) is 0 Å². The van der Waals surface area contributed by atoms with E-state index in [4.69, 9.17) is 0 Å². The fourth-order valence-electron chi connectivity index (χ4n) is 2.01. The summed E-state index contributed by atoms with van der Waals surface area (Å²) in [6.07, 6.45) is 6.00. The van der Waals surface area contributed by atoms with E-state index in [9.17, 15) is 0 Å². The molecule has 0 aliphatic carbocycles. The van der Waals surface area contributed by atoms with Gasteiger partial charge in [0.2, 0.25) is 0 Å². The topological polar surface area (TPSA) is 29.9 Å². The van der Waals surface area contributed by atoms with E-state index in [1.807, 2.05) is 12.4 Å². The molecule has 0 bridgehead atoms. The summed E-state index contributed by atoms with van der Waals surface area (Å²) in [7, 11) is 0. The van der Waals surface area contributed by atoms with Gasteiger partial charge in [-0.2, -0.15) is 0 Å². The fraction of sp³-hybridized carbons (Fsp3) is 0.400. The lowest BCUT2D eigenvalue weighted by molar-refractivity contribution is 0.675. The highest BCUT2D eigenvalue weighted by atomic mass is 15.1. The molecule has 1 N–H and O–H groups in total. The smallest absolute Gasteiger partial charge is 0.112 e. The number of hydrogen-bond acceptors (Lipinski definition) is 2. The zero-order chi connectivity index (χ0) is 12.8. The SMILES string of the molecule is CCCNCc1ccc(-n2ccnc2CC)cc1. The Morgan fingerprint density at radius 3 is 2.61 bits per heavy atom. The second-order valence-corrected chi connectivity index (χ2v) is 4.41. The van der Waals surface area contributed by atoms with Crippen molar-refractivity contribution in [1.29, 1.82) is 0 Å². The Morgan fingerprint density at radius 2 is 1.94 bits per heavy atom. The van der Waals surface area contributed by atoms with Crippen LogP contribution in [0.4, 0.5) is 0 Å². The molecule has 1 heterocycles. The van der Waals surface area contributed by atoms with Crippen molar-refractivity contribution in [3.05, 3.63) is 48.0 Å². The number of nitrogens with zero attached hydrogens (tertiary/aromatic N) is 2. The summed E-state index contributed by atoms with van der Waals surface area (Å²) in [5.74, 6) is 1.10. The molecule has 3 heteroatoms. The van der Waals surface area contributed by atoms with E-state index in [0.29, 0.717) is 0 Å². The van der Waals surface area contributed by atoms with Gasteiger partial charge in [0.15, 0.2) is 0 Å². The number of aromatic nitrogens is 2. The Morgan fingerprint density at radius 1 is 1.17 bits per heavy atom. The lowest BCUT2D eigenvalue weighted by Gasteiger charge is -2.08. The molecule has 2 rings (SSSR count). The van der Waals surface area contributed by atoms with E-state index in [1.165, 1.54) is 17.7 Å². The van der Waals surface area contributed by atoms with E-state index >= 15 is 0 Å². The van der Waals surface area contributed by atoms with E-state index in [2.05, 4.69) is 53.0 Å². The second-order valence-electron chi connectivity index (χ2n) is 4.41. The fourth-order valence-corrected chi connectivity index (χ4v) is 2.01. The maximum absolute atomic E-state index is 4.34. The Bertz CT molecular complexity index is 471. The van der Waals surface area contributed by atoms with Crippen LogP contribution in [0, 0.1) is 0 Å². The molecular weight excluding hydrogens is 222 g/mol. The van der Waals surface area contributed by atoms with E-state index < -0.39 is 0 Å². The molecule has 96 valence electrons. The first kappa shape index (κ1) is 12.8. The molecule has 0 fully saturated rings. The van der Waals surface area contributed by atoms with E-state index in [0.717, 1.165) is 25.3 Å². The quantitative estimate of drug-likeness (QED) is 0.791. The molecular formula is C15H21N3. The maximum atomic E-state index is 4.34. The number of hydrogen-bond donors (Lipinski definition) is 1. The van der Waals surface area contributed by atoms with Crippen molar-refractivity contribution < 1.29 is 0 Å². The number of aryl methyl sites for hydroxylation is 1. The van der Waals surface area contributed by atoms with Crippen LogP contribution in [0.15, 0.2) is 36.7 Å². The van der Waals surface area contributed by atoms with Crippen molar-refractivity contribution in [1.82, 2.24) is 14.9 Å². The van der Waals surface area contributed by atoms with E-state index in [1.54, 1.807) is 0 Å². The highest BCUT2D eigenvalue weighted by Crippen LogP contribution is 2.12. The molecule has 18 heavy (non-hydrogen) atoms. The van der Waals surface area contributed by atoms with Gasteiger partial charge in [-0.3, -0.25) is 0 Å². The van der Waals surface area contributed by atoms with Crippen LogP contribution in [0.2, 0.25) is 0 Å². The minimum Gasteiger partial charge on any atom is -0.313 e. The molecule has 3 nitrogen and oxygen atoms in total. The van der Waals surface area contributed by atoms with Gasteiger partial charge in [0.1, 0.15) is 5.82 Å². The molecule has 0 atom stereocenters. The minimum absolute atomic E-state index is 0.943. The lowest BCUT2D eigenvalue weighted by atomic mass is 10.2. The van der Waals surface area contributed by atoms with Crippen LogP contribution in [0.3, 0.4) is 0 Å². The maximum Gasteiger partial charge on any atom is 0.112 e. The minimum atomic E-state index is 0.943. The van der Waals surface area contributed by atoms with Crippen LogP contribution < -0.4 is 5.32 Å². The van der Waals surface area contributed by atoms with Crippen LogP contribution >= 0.6 is 0 Å². The highest BCUT2D eigenvalue weighted by Gasteiger charge is 2.02. The number of rotatable bonds is 6. The Kier molecular flexibility index (Phi) is 4.53. The third-order valence-electron chi connectivity index (χ3n) is 3.00. The van der Waals surface area contributed by atoms with Crippen LogP contribution in [-0.4, -0.2) is 16.1 Å². The van der Waals surface area contributed by atoms with Gasteiger partial charge in [-0.1, -0.05) is 26.0 Å². The number of imidazole rings is 1. The van der Waals surface area contributed by atoms with Crippen LogP contribution in [-0.2, 0) is 13.0 Å². The molecule has 0 saturated heterocycles. The second kappa shape index (κ2) is 6.36. The summed E-state index contributed by atoms with van der Waals surface area (Å²) < 4.78 is 2.14. The van der Waals surface area contributed by atoms with Crippen LogP contribution in [0.25, 0.3) is 5.69 Å². The zero-order valence-corrected chi connectivity index (χ0v) is 11.2. The predicted molar refractivity (Wildman–Crippen MR) is 74.9 cm³/mol. The predicted octanol–water partition coefficient (Wildman–Crippen LogP) is 2.93. The molecule has 1 aromatic carbocycles. The van der Waals surface area contributed by atoms with Gasteiger partial charge >= 0.3 is 0 Å². The van der Waals surface area contributed by atoms with Gasteiger partial charge < -0.3 is 9.88 Å². The summed E-state index contributed by atoms with van der Waals surface area (Å²) >= 11 is 0. The van der Waals surface area contributed by atoms with Gasteiger partial charge in [-0.15, -0.1) is 0 Å². The number of nitrogens with one attached hydrogen (secondary N) is 1. The monoisotopic (exact) mass is 243 g/mol. The largest absolute Gasteiger partial charge is 0.313 e. The van der Waals surface area contributed by atoms with Crippen molar-refractivity contribution in [2.45, 2.75) is 33.2 Å².